The standard InChI is InChI=1S/C18H19NO3S/c20-18(10-9-17-4-2-12-23-17)19-14-5-7-15(8-6-14)22-13-16-3-1-11-21-16/h2,4-10,12,16H,1,3,11,13H2,(H,19,20). The maximum absolute atomic E-state index is 11.9. The summed E-state index contributed by atoms with van der Waals surface area (Å²) in [5.74, 6) is 0.638. The predicted octanol–water partition coefficient (Wildman–Crippen LogP) is 3.96. The zero-order chi connectivity index (χ0) is 15.9. The molecule has 5 heteroatoms. The fourth-order valence-corrected chi connectivity index (χ4v) is 2.95. The van der Waals surface area contributed by atoms with E-state index in [2.05, 4.69) is 5.32 Å². The van der Waals surface area contributed by atoms with Crippen molar-refractivity contribution >= 4 is 29.0 Å². The smallest absolute Gasteiger partial charge is 0.248 e. The molecule has 1 aromatic heterocycles. The first kappa shape index (κ1) is 15.8. The Balaban J connectivity index is 1.47. The lowest BCUT2D eigenvalue weighted by Gasteiger charge is -2.11. The van der Waals surface area contributed by atoms with Crippen LogP contribution >= 0.6 is 11.3 Å². The molecule has 0 saturated carbocycles. The molecule has 0 aliphatic carbocycles. The Morgan fingerprint density at radius 2 is 2.22 bits per heavy atom. The van der Waals surface area contributed by atoms with Crippen molar-refractivity contribution in [3.63, 3.8) is 0 Å². The normalized spacial score (nSPS) is 17.5. The fourth-order valence-electron chi connectivity index (χ4n) is 2.33. The Morgan fingerprint density at radius 1 is 1.35 bits per heavy atom. The van der Waals surface area contributed by atoms with Crippen molar-refractivity contribution in [3.05, 3.63) is 52.7 Å². The molecule has 0 spiro atoms. The van der Waals surface area contributed by atoms with Crippen molar-refractivity contribution in [2.24, 2.45) is 0 Å². The van der Waals surface area contributed by atoms with Gasteiger partial charge >= 0.3 is 0 Å². The molecule has 1 unspecified atom stereocenters. The first-order chi connectivity index (χ1) is 11.3. The molecule has 1 aliphatic rings. The van der Waals surface area contributed by atoms with Crippen LogP contribution in [0.15, 0.2) is 47.9 Å². The number of nitrogens with one attached hydrogen (secondary N) is 1. The number of anilines is 1. The van der Waals surface area contributed by atoms with Crippen molar-refractivity contribution in [1.29, 1.82) is 0 Å². The van der Waals surface area contributed by atoms with Crippen LogP contribution < -0.4 is 10.1 Å². The van der Waals surface area contributed by atoms with Gasteiger partial charge in [-0.1, -0.05) is 6.07 Å². The Labute approximate surface area is 139 Å². The monoisotopic (exact) mass is 329 g/mol. The molecule has 2 aromatic rings. The van der Waals surface area contributed by atoms with E-state index in [9.17, 15) is 4.79 Å². The molecule has 23 heavy (non-hydrogen) atoms. The summed E-state index contributed by atoms with van der Waals surface area (Å²) in [5.41, 5.74) is 0.746. The van der Waals surface area contributed by atoms with Crippen molar-refractivity contribution in [1.82, 2.24) is 0 Å². The van der Waals surface area contributed by atoms with E-state index in [1.54, 1.807) is 17.4 Å². The molecule has 1 aliphatic heterocycles. The number of carbonyl (C=O) groups excluding carboxylic acids is 1. The zero-order valence-electron chi connectivity index (χ0n) is 12.7. The minimum Gasteiger partial charge on any atom is -0.491 e. The molecule has 1 fully saturated rings. The average molecular weight is 329 g/mol. The average Bonchev–Trinajstić information content (AvgIpc) is 3.26. The number of hydrogen-bond acceptors (Lipinski definition) is 4. The van der Waals surface area contributed by atoms with Crippen LogP contribution in [0.25, 0.3) is 6.08 Å². The van der Waals surface area contributed by atoms with Crippen LogP contribution in [0.1, 0.15) is 17.7 Å². The van der Waals surface area contributed by atoms with Gasteiger partial charge in [0, 0.05) is 23.2 Å². The van der Waals surface area contributed by atoms with E-state index < -0.39 is 0 Å². The summed E-state index contributed by atoms with van der Waals surface area (Å²) in [6.45, 7) is 1.41. The van der Waals surface area contributed by atoms with Gasteiger partial charge in [-0.25, -0.2) is 0 Å². The lowest BCUT2D eigenvalue weighted by atomic mass is 10.2. The number of benzene rings is 1. The highest BCUT2D eigenvalue weighted by Gasteiger charge is 2.15. The number of thiophene rings is 1. The predicted molar refractivity (Wildman–Crippen MR) is 92.9 cm³/mol. The molecule has 120 valence electrons. The SMILES string of the molecule is O=C(C=Cc1cccs1)Nc1ccc(OCC2CCCO2)cc1. The third-order valence-corrected chi connectivity index (χ3v) is 4.36. The van der Waals surface area contributed by atoms with E-state index in [0.717, 1.165) is 35.8 Å². The third-order valence-electron chi connectivity index (χ3n) is 3.52. The van der Waals surface area contributed by atoms with Crippen LogP contribution in [0.5, 0.6) is 5.75 Å². The topological polar surface area (TPSA) is 47.6 Å². The molecular formula is C18H19NO3S. The van der Waals surface area contributed by atoms with Gasteiger partial charge in [-0.3, -0.25) is 4.79 Å². The van der Waals surface area contributed by atoms with Crippen LogP contribution in [0.3, 0.4) is 0 Å². The maximum Gasteiger partial charge on any atom is 0.248 e. The van der Waals surface area contributed by atoms with Crippen LogP contribution in [0.2, 0.25) is 0 Å². The second-order valence-corrected chi connectivity index (χ2v) is 6.29. The first-order valence-corrected chi connectivity index (χ1v) is 8.54. The van der Waals surface area contributed by atoms with Crippen LogP contribution in [-0.2, 0) is 9.53 Å². The molecule has 0 radical (unpaired) electrons. The number of hydrogen-bond donors (Lipinski definition) is 1. The van der Waals surface area contributed by atoms with Crippen molar-refractivity contribution in [3.8, 4) is 5.75 Å². The molecule has 3 rings (SSSR count). The zero-order valence-corrected chi connectivity index (χ0v) is 13.6. The van der Waals surface area contributed by atoms with Crippen molar-refractivity contribution in [2.75, 3.05) is 18.5 Å². The quantitative estimate of drug-likeness (QED) is 0.816. The summed E-state index contributed by atoms with van der Waals surface area (Å²) in [5, 5.41) is 4.81. The van der Waals surface area contributed by atoms with Gasteiger partial charge in [0.2, 0.25) is 5.91 Å². The van der Waals surface area contributed by atoms with Gasteiger partial charge in [0.15, 0.2) is 0 Å². The van der Waals surface area contributed by atoms with Gasteiger partial charge in [0.1, 0.15) is 12.4 Å². The van der Waals surface area contributed by atoms with Gasteiger partial charge < -0.3 is 14.8 Å². The summed E-state index contributed by atoms with van der Waals surface area (Å²) in [6.07, 6.45) is 5.71. The summed E-state index contributed by atoms with van der Waals surface area (Å²) in [4.78, 5) is 12.9. The van der Waals surface area contributed by atoms with Crippen LogP contribution in [0.4, 0.5) is 5.69 Å². The number of amides is 1. The molecule has 0 bridgehead atoms. The molecular weight excluding hydrogens is 310 g/mol. The maximum atomic E-state index is 11.9. The second kappa shape index (κ2) is 7.94. The summed E-state index contributed by atoms with van der Waals surface area (Å²) in [7, 11) is 0. The highest BCUT2D eigenvalue weighted by atomic mass is 32.1. The Morgan fingerprint density at radius 3 is 2.91 bits per heavy atom. The van der Waals surface area contributed by atoms with E-state index in [0.29, 0.717) is 6.61 Å². The van der Waals surface area contributed by atoms with Gasteiger partial charge in [-0.05, 0) is 54.6 Å². The Hall–Kier alpha value is -2.11. The number of carbonyl (C=O) groups is 1. The van der Waals surface area contributed by atoms with Gasteiger partial charge in [0.25, 0.3) is 0 Å². The van der Waals surface area contributed by atoms with E-state index in [-0.39, 0.29) is 12.0 Å². The lowest BCUT2D eigenvalue weighted by molar-refractivity contribution is -0.111. The molecule has 1 atom stereocenters. The third kappa shape index (κ3) is 4.94. The molecule has 2 heterocycles. The Kier molecular flexibility index (Phi) is 5.45. The van der Waals surface area contributed by atoms with Gasteiger partial charge in [-0.2, -0.15) is 0 Å². The van der Waals surface area contributed by atoms with Crippen molar-refractivity contribution < 1.29 is 14.3 Å². The minimum absolute atomic E-state index is 0.147. The lowest BCUT2D eigenvalue weighted by Crippen LogP contribution is -2.16. The van der Waals surface area contributed by atoms with Crippen LogP contribution in [0, 0.1) is 0 Å². The largest absolute Gasteiger partial charge is 0.491 e. The van der Waals surface area contributed by atoms with E-state index in [1.807, 2.05) is 41.8 Å². The van der Waals surface area contributed by atoms with Gasteiger partial charge in [-0.15, -0.1) is 11.3 Å². The number of ether oxygens (including phenoxy) is 2. The van der Waals surface area contributed by atoms with Crippen molar-refractivity contribution in [2.45, 2.75) is 18.9 Å². The fraction of sp³-hybridized carbons (Fsp3) is 0.278. The summed E-state index contributed by atoms with van der Waals surface area (Å²) in [6, 6.07) is 11.3. The highest BCUT2D eigenvalue weighted by molar-refractivity contribution is 7.10. The van der Waals surface area contributed by atoms with E-state index in [4.69, 9.17) is 9.47 Å². The van der Waals surface area contributed by atoms with Crippen LogP contribution in [-0.4, -0.2) is 25.2 Å². The molecule has 1 amide bonds. The first-order valence-electron chi connectivity index (χ1n) is 7.67. The van der Waals surface area contributed by atoms with E-state index >= 15 is 0 Å². The summed E-state index contributed by atoms with van der Waals surface area (Å²) >= 11 is 1.60. The summed E-state index contributed by atoms with van der Waals surface area (Å²) < 4.78 is 11.2. The van der Waals surface area contributed by atoms with Gasteiger partial charge in [0.05, 0.1) is 6.10 Å². The molecule has 1 saturated heterocycles. The second-order valence-electron chi connectivity index (χ2n) is 5.31. The minimum atomic E-state index is -0.147. The number of rotatable bonds is 6. The van der Waals surface area contributed by atoms with E-state index in [1.165, 1.54) is 6.08 Å². The highest BCUT2D eigenvalue weighted by Crippen LogP contribution is 2.18. The Bertz CT molecular complexity index is 643. The molecule has 1 N–H and O–H groups in total. The molecule has 4 nitrogen and oxygen atoms in total. The molecule has 1 aromatic carbocycles.